The van der Waals surface area contributed by atoms with Crippen LogP contribution in [0.5, 0.6) is 0 Å². The van der Waals surface area contributed by atoms with Gasteiger partial charge in [0.2, 0.25) is 5.89 Å². The SMILES string of the molecule is CCC(CC)(CS)CSc1nnc(C)o1. The third kappa shape index (κ3) is 3.41. The molecule has 0 aliphatic carbocycles. The van der Waals surface area contributed by atoms with E-state index in [0.29, 0.717) is 11.1 Å². The summed E-state index contributed by atoms with van der Waals surface area (Å²) in [5.74, 6) is 2.52. The standard InChI is InChI=1S/C10H18N2OS2/c1-4-10(5-2,6-14)7-15-9-12-11-8(3)13-9/h14H,4-7H2,1-3H3. The maximum absolute atomic E-state index is 5.33. The summed E-state index contributed by atoms with van der Waals surface area (Å²) in [6.07, 6.45) is 2.26. The summed E-state index contributed by atoms with van der Waals surface area (Å²) >= 11 is 6.07. The zero-order valence-corrected chi connectivity index (χ0v) is 11.2. The van der Waals surface area contributed by atoms with Gasteiger partial charge >= 0.3 is 0 Å². The van der Waals surface area contributed by atoms with Gasteiger partial charge < -0.3 is 4.42 Å². The normalized spacial score (nSPS) is 12.0. The molecule has 0 bridgehead atoms. The van der Waals surface area contributed by atoms with Crippen molar-refractivity contribution >= 4 is 24.4 Å². The number of nitrogens with zero attached hydrogens (tertiary/aromatic N) is 2. The lowest BCUT2D eigenvalue weighted by Crippen LogP contribution is -2.24. The van der Waals surface area contributed by atoms with E-state index in [0.717, 1.165) is 24.3 Å². The largest absolute Gasteiger partial charge is 0.416 e. The first kappa shape index (κ1) is 12.9. The van der Waals surface area contributed by atoms with Crippen LogP contribution in [0.1, 0.15) is 32.6 Å². The number of aromatic nitrogens is 2. The van der Waals surface area contributed by atoms with Crippen molar-refractivity contribution in [3.05, 3.63) is 5.89 Å². The van der Waals surface area contributed by atoms with Crippen molar-refractivity contribution in [2.24, 2.45) is 5.41 Å². The van der Waals surface area contributed by atoms with Crippen LogP contribution in [0.15, 0.2) is 9.64 Å². The molecular weight excluding hydrogens is 228 g/mol. The molecule has 86 valence electrons. The number of aryl methyl sites for hydroxylation is 1. The molecule has 0 unspecified atom stereocenters. The number of hydrogen-bond donors (Lipinski definition) is 1. The number of rotatable bonds is 6. The Balaban J connectivity index is 2.54. The molecule has 1 heterocycles. The molecule has 1 aromatic heterocycles. The minimum absolute atomic E-state index is 0.288. The fourth-order valence-corrected chi connectivity index (χ4v) is 3.20. The Kier molecular flexibility index (Phi) is 4.99. The highest BCUT2D eigenvalue weighted by Gasteiger charge is 2.25. The van der Waals surface area contributed by atoms with E-state index >= 15 is 0 Å². The predicted octanol–water partition coefficient (Wildman–Crippen LogP) is 3.21. The van der Waals surface area contributed by atoms with E-state index in [1.807, 2.05) is 6.92 Å². The lowest BCUT2D eigenvalue weighted by atomic mass is 9.87. The van der Waals surface area contributed by atoms with Crippen molar-refractivity contribution in [2.45, 2.75) is 38.8 Å². The number of thioether (sulfide) groups is 1. The second-order valence-electron chi connectivity index (χ2n) is 3.74. The summed E-state index contributed by atoms with van der Waals surface area (Å²) in [6, 6.07) is 0. The average molecular weight is 246 g/mol. The molecule has 0 fully saturated rings. The van der Waals surface area contributed by atoms with Gasteiger partial charge in [0.25, 0.3) is 5.22 Å². The Morgan fingerprint density at radius 2 is 2.00 bits per heavy atom. The van der Waals surface area contributed by atoms with Crippen molar-refractivity contribution in [1.82, 2.24) is 10.2 Å². The highest BCUT2D eigenvalue weighted by Crippen LogP contribution is 2.34. The van der Waals surface area contributed by atoms with E-state index in [9.17, 15) is 0 Å². The van der Waals surface area contributed by atoms with Gasteiger partial charge in [-0.05, 0) is 24.0 Å². The van der Waals surface area contributed by atoms with Crippen LogP contribution in [0.25, 0.3) is 0 Å². The van der Waals surface area contributed by atoms with E-state index in [2.05, 4.69) is 36.7 Å². The van der Waals surface area contributed by atoms with Gasteiger partial charge in [-0.25, -0.2) is 0 Å². The minimum atomic E-state index is 0.288. The summed E-state index contributed by atoms with van der Waals surface area (Å²) in [7, 11) is 0. The van der Waals surface area contributed by atoms with Crippen LogP contribution in [0, 0.1) is 12.3 Å². The van der Waals surface area contributed by atoms with Crippen molar-refractivity contribution < 1.29 is 4.42 Å². The van der Waals surface area contributed by atoms with Crippen LogP contribution < -0.4 is 0 Å². The molecule has 3 nitrogen and oxygen atoms in total. The molecule has 1 aromatic rings. The molecule has 0 saturated heterocycles. The highest BCUT2D eigenvalue weighted by atomic mass is 32.2. The Morgan fingerprint density at radius 3 is 2.40 bits per heavy atom. The summed E-state index contributed by atoms with van der Waals surface area (Å²) in [5, 5.41) is 8.45. The van der Waals surface area contributed by atoms with Gasteiger partial charge in [-0.3, -0.25) is 0 Å². The maximum Gasteiger partial charge on any atom is 0.276 e. The highest BCUT2D eigenvalue weighted by molar-refractivity contribution is 7.99. The minimum Gasteiger partial charge on any atom is -0.416 e. The smallest absolute Gasteiger partial charge is 0.276 e. The van der Waals surface area contributed by atoms with Crippen LogP contribution in [0.2, 0.25) is 0 Å². The Hall–Kier alpha value is -0.160. The number of hydrogen-bond acceptors (Lipinski definition) is 5. The van der Waals surface area contributed by atoms with Crippen LogP contribution in [-0.2, 0) is 0 Å². The molecule has 0 spiro atoms. The van der Waals surface area contributed by atoms with Gasteiger partial charge in [-0.1, -0.05) is 25.6 Å². The van der Waals surface area contributed by atoms with Crippen LogP contribution >= 0.6 is 24.4 Å². The molecule has 15 heavy (non-hydrogen) atoms. The average Bonchev–Trinajstić information content (AvgIpc) is 2.67. The molecule has 1 rings (SSSR count). The Morgan fingerprint density at radius 1 is 1.33 bits per heavy atom. The molecular formula is C10H18N2OS2. The van der Waals surface area contributed by atoms with Crippen molar-refractivity contribution in [3.63, 3.8) is 0 Å². The lowest BCUT2D eigenvalue weighted by Gasteiger charge is -2.28. The second kappa shape index (κ2) is 5.80. The molecule has 0 saturated carbocycles. The van der Waals surface area contributed by atoms with E-state index in [-0.39, 0.29) is 5.41 Å². The summed E-state index contributed by atoms with van der Waals surface area (Å²) in [6.45, 7) is 6.22. The van der Waals surface area contributed by atoms with Crippen LogP contribution in [-0.4, -0.2) is 21.7 Å². The van der Waals surface area contributed by atoms with Crippen molar-refractivity contribution in [3.8, 4) is 0 Å². The summed E-state index contributed by atoms with van der Waals surface area (Å²) in [5.41, 5.74) is 0.288. The maximum atomic E-state index is 5.33. The fourth-order valence-electron chi connectivity index (χ4n) is 1.27. The monoisotopic (exact) mass is 246 g/mol. The molecule has 0 atom stereocenters. The first-order valence-electron chi connectivity index (χ1n) is 5.19. The topological polar surface area (TPSA) is 38.9 Å². The Labute approximate surface area is 101 Å². The molecule has 0 aliphatic heterocycles. The van der Waals surface area contributed by atoms with Crippen molar-refractivity contribution in [1.29, 1.82) is 0 Å². The quantitative estimate of drug-likeness (QED) is 0.618. The first-order valence-corrected chi connectivity index (χ1v) is 6.81. The third-order valence-electron chi connectivity index (χ3n) is 2.84. The first-order chi connectivity index (χ1) is 7.15. The second-order valence-corrected chi connectivity index (χ2v) is 4.98. The zero-order chi connectivity index (χ0) is 11.3. The molecule has 5 heteroatoms. The van der Waals surface area contributed by atoms with Gasteiger partial charge in [0.15, 0.2) is 0 Å². The van der Waals surface area contributed by atoms with E-state index in [4.69, 9.17) is 4.42 Å². The van der Waals surface area contributed by atoms with Gasteiger partial charge in [-0.2, -0.15) is 12.6 Å². The van der Waals surface area contributed by atoms with Crippen molar-refractivity contribution in [2.75, 3.05) is 11.5 Å². The van der Waals surface area contributed by atoms with Gasteiger partial charge in [0.1, 0.15) is 0 Å². The zero-order valence-electron chi connectivity index (χ0n) is 9.49. The molecule has 0 N–H and O–H groups in total. The van der Waals surface area contributed by atoms with Gasteiger partial charge in [-0.15, -0.1) is 10.2 Å². The molecule has 0 aromatic carbocycles. The van der Waals surface area contributed by atoms with Crippen LogP contribution in [0.3, 0.4) is 0 Å². The molecule has 0 radical (unpaired) electrons. The lowest BCUT2D eigenvalue weighted by molar-refractivity contribution is 0.354. The number of thiol groups is 1. The molecule has 0 amide bonds. The fraction of sp³-hybridized carbons (Fsp3) is 0.800. The van der Waals surface area contributed by atoms with E-state index in [1.165, 1.54) is 0 Å². The van der Waals surface area contributed by atoms with Gasteiger partial charge in [0, 0.05) is 12.7 Å². The van der Waals surface area contributed by atoms with E-state index in [1.54, 1.807) is 11.8 Å². The van der Waals surface area contributed by atoms with Crippen LogP contribution in [0.4, 0.5) is 0 Å². The van der Waals surface area contributed by atoms with E-state index < -0.39 is 0 Å². The third-order valence-corrected chi connectivity index (χ3v) is 4.68. The Bertz CT molecular complexity index is 289. The summed E-state index contributed by atoms with van der Waals surface area (Å²) in [4.78, 5) is 0. The predicted molar refractivity (Wildman–Crippen MR) is 66.6 cm³/mol. The molecule has 0 aliphatic rings. The summed E-state index contributed by atoms with van der Waals surface area (Å²) < 4.78 is 5.33. The van der Waals surface area contributed by atoms with Gasteiger partial charge in [0.05, 0.1) is 0 Å².